The van der Waals surface area contributed by atoms with Crippen molar-refractivity contribution in [1.82, 2.24) is 0 Å². The summed E-state index contributed by atoms with van der Waals surface area (Å²) in [4.78, 5) is 0. The van der Waals surface area contributed by atoms with Crippen LogP contribution in [0.25, 0.3) is 0 Å². The Morgan fingerprint density at radius 3 is 2.38 bits per heavy atom. The Hall–Kier alpha value is -1.76. The fourth-order valence-electron chi connectivity index (χ4n) is 1.84. The van der Waals surface area contributed by atoms with E-state index in [1.165, 1.54) is 11.1 Å². The molecule has 1 nitrogen and oxygen atoms in total. The van der Waals surface area contributed by atoms with Gasteiger partial charge in [0, 0.05) is 0 Å². The summed E-state index contributed by atoms with van der Waals surface area (Å²) in [5.74, 6) is 1.86. The van der Waals surface area contributed by atoms with Crippen molar-refractivity contribution in [3.63, 3.8) is 0 Å². The summed E-state index contributed by atoms with van der Waals surface area (Å²) >= 11 is 0. The van der Waals surface area contributed by atoms with E-state index in [1.807, 2.05) is 42.5 Å². The highest BCUT2D eigenvalue weighted by Crippen LogP contribution is 2.27. The minimum atomic E-state index is 0.891. The van der Waals surface area contributed by atoms with Gasteiger partial charge in [0.15, 0.2) is 0 Å². The molecule has 0 saturated carbocycles. The van der Waals surface area contributed by atoms with Crippen LogP contribution < -0.4 is 4.74 Å². The van der Waals surface area contributed by atoms with Crippen molar-refractivity contribution in [2.45, 2.75) is 20.3 Å². The number of rotatable bonds is 3. The van der Waals surface area contributed by atoms with Crippen molar-refractivity contribution in [2.75, 3.05) is 0 Å². The Balaban J connectivity index is 2.31. The minimum Gasteiger partial charge on any atom is -0.457 e. The van der Waals surface area contributed by atoms with Crippen LogP contribution in [0.2, 0.25) is 0 Å². The summed E-state index contributed by atoms with van der Waals surface area (Å²) in [5, 5.41) is 0. The van der Waals surface area contributed by atoms with Gasteiger partial charge >= 0.3 is 0 Å². The molecule has 0 aliphatic heterocycles. The van der Waals surface area contributed by atoms with Crippen LogP contribution in [0, 0.1) is 6.92 Å². The van der Waals surface area contributed by atoms with E-state index in [2.05, 4.69) is 19.9 Å². The molecule has 0 heterocycles. The van der Waals surface area contributed by atoms with E-state index in [0.717, 1.165) is 17.9 Å². The van der Waals surface area contributed by atoms with Crippen LogP contribution >= 0.6 is 0 Å². The van der Waals surface area contributed by atoms with Gasteiger partial charge in [-0.15, -0.1) is 0 Å². The highest BCUT2D eigenvalue weighted by molar-refractivity contribution is 5.42. The van der Waals surface area contributed by atoms with Crippen LogP contribution in [0.1, 0.15) is 18.1 Å². The predicted octanol–water partition coefficient (Wildman–Crippen LogP) is 4.35. The van der Waals surface area contributed by atoms with E-state index < -0.39 is 0 Å². The molecule has 2 aromatic carbocycles. The third-order valence-corrected chi connectivity index (χ3v) is 2.69. The maximum Gasteiger partial charge on any atom is 0.130 e. The van der Waals surface area contributed by atoms with E-state index in [0.29, 0.717) is 0 Å². The quantitative estimate of drug-likeness (QED) is 0.735. The third-order valence-electron chi connectivity index (χ3n) is 2.69. The van der Waals surface area contributed by atoms with Crippen molar-refractivity contribution in [1.29, 1.82) is 0 Å². The van der Waals surface area contributed by atoms with E-state index in [9.17, 15) is 0 Å². The maximum atomic E-state index is 5.88. The van der Waals surface area contributed by atoms with Gasteiger partial charge in [-0.3, -0.25) is 0 Å². The smallest absolute Gasteiger partial charge is 0.130 e. The SMILES string of the molecule is CCc1c(C)cccc1Oc1ccccc1. The zero-order chi connectivity index (χ0) is 11.4. The van der Waals surface area contributed by atoms with Crippen LogP contribution in [0.5, 0.6) is 11.5 Å². The first-order valence-electron chi connectivity index (χ1n) is 5.62. The number of ether oxygens (including phenoxy) is 1. The van der Waals surface area contributed by atoms with Gasteiger partial charge in [0.25, 0.3) is 0 Å². The maximum absolute atomic E-state index is 5.88. The van der Waals surface area contributed by atoms with Crippen LogP contribution in [0.3, 0.4) is 0 Å². The molecule has 0 spiro atoms. The molecule has 0 aliphatic rings. The topological polar surface area (TPSA) is 9.23 Å². The van der Waals surface area contributed by atoms with Crippen LogP contribution in [0.15, 0.2) is 48.5 Å². The molecular weight excluding hydrogens is 196 g/mol. The predicted molar refractivity (Wildman–Crippen MR) is 67.1 cm³/mol. The molecule has 0 aromatic heterocycles. The Labute approximate surface area is 96.7 Å². The molecule has 0 N–H and O–H groups in total. The third kappa shape index (κ3) is 2.25. The Morgan fingerprint density at radius 1 is 0.938 bits per heavy atom. The molecule has 2 rings (SSSR count). The molecule has 0 atom stereocenters. The normalized spacial score (nSPS) is 10.1. The fraction of sp³-hybridized carbons (Fsp3) is 0.200. The molecule has 0 aliphatic carbocycles. The molecule has 0 saturated heterocycles. The van der Waals surface area contributed by atoms with Gasteiger partial charge in [-0.05, 0) is 42.7 Å². The van der Waals surface area contributed by atoms with Gasteiger partial charge in [0.05, 0.1) is 0 Å². The van der Waals surface area contributed by atoms with Crippen molar-refractivity contribution >= 4 is 0 Å². The van der Waals surface area contributed by atoms with Crippen molar-refractivity contribution in [2.24, 2.45) is 0 Å². The molecule has 16 heavy (non-hydrogen) atoms. The van der Waals surface area contributed by atoms with Gasteiger partial charge in [0.2, 0.25) is 0 Å². The molecule has 2 aromatic rings. The van der Waals surface area contributed by atoms with E-state index in [1.54, 1.807) is 0 Å². The molecule has 1 heteroatoms. The molecule has 0 radical (unpaired) electrons. The molecule has 0 unspecified atom stereocenters. The minimum absolute atomic E-state index is 0.891. The molecular formula is C15H16O. The van der Waals surface area contributed by atoms with Gasteiger partial charge in [-0.1, -0.05) is 37.3 Å². The summed E-state index contributed by atoms with van der Waals surface area (Å²) in [5.41, 5.74) is 2.57. The average molecular weight is 212 g/mol. The van der Waals surface area contributed by atoms with Crippen LogP contribution in [0.4, 0.5) is 0 Å². The Morgan fingerprint density at radius 2 is 1.69 bits per heavy atom. The second-order valence-electron chi connectivity index (χ2n) is 3.82. The largest absolute Gasteiger partial charge is 0.457 e. The number of hydrogen-bond acceptors (Lipinski definition) is 1. The first-order chi connectivity index (χ1) is 7.81. The lowest BCUT2D eigenvalue weighted by atomic mass is 10.1. The Kier molecular flexibility index (Phi) is 3.25. The zero-order valence-electron chi connectivity index (χ0n) is 9.73. The van der Waals surface area contributed by atoms with Gasteiger partial charge in [0.1, 0.15) is 11.5 Å². The number of aryl methyl sites for hydroxylation is 1. The fourth-order valence-corrected chi connectivity index (χ4v) is 1.84. The van der Waals surface area contributed by atoms with E-state index >= 15 is 0 Å². The zero-order valence-corrected chi connectivity index (χ0v) is 9.73. The van der Waals surface area contributed by atoms with Gasteiger partial charge in [-0.25, -0.2) is 0 Å². The molecule has 0 fully saturated rings. The van der Waals surface area contributed by atoms with E-state index in [-0.39, 0.29) is 0 Å². The lowest BCUT2D eigenvalue weighted by molar-refractivity contribution is 0.476. The van der Waals surface area contributed by atoms with Crippen LogP contribution in [-0.4, -0.2) is 0 Å². The first-order valence-corrected chi connectivity index (χ1v) is 5.62. The van der Waals surface area contributed by atoms with Crippen molar-refractivity contribution in [3.05, 3.63) is 59.7 Å². The number of benzene rings is 2. The number of hydrogen-bond donors (Lipinski definition) is 0. The summed E-state index contributed by atoms with van der Waals surface area (Å²) in [7, 11) is 0. The monoisotopic (exact) mass is 212 g/mol. The average Bonchev–Trinajstić information content (AvgIpc) is 2.31. The lowest BCUT2D eigenvalue weighted by Gasteiger charge is -2.11. The standard InChI is InChI=1S/C15H16O/c1-3-14-12(2)8-7-11-15(14)16-13-9-5-4-6-10-13/h4-11H,3H2,1-2H3. The molecule has 82 valence electrons. The summed E-state index contributed by atoms with van der Waals surface area (Å²) in [6.07, 6.45) is 0.995. The highest BCUT2D eigenvalue weighted by Gasteiger charge is 2.05. The summed E-state index contributed by atoms with van der Waals surface area (Å²) in [6.45, 7) is 4.27. The van der Waals surface area contributed by atoms with Gasteiger partial charge < -0.3 is 4.74 Å². The summed E-state index contributed by atoms with van der Waals surface area (Å²) in [6, 6.07) is 16.1. The second kappa shape index (κ2) is 4.84. The second-order valence-corrected chi connectivity index (χ2v) is 3.82. The molecule has 0 bridgehead atoms. The summed E-state index contributed by atoms with van der Waals surface area (Å²) < 4.78 is 5.88. The Bertz CT molecular complexity index is 460. The van der Waals surface area contributed by atoms with Crippen LogP contribution in [-0.2, 0) is 6.42 Å². The first kappa shape index (κ1) is 10.7. The van der Waals surface area contributed by atoms with Gasteiger partial charge in [-0.2, -0.15) is 0 Å². The number of para-hydroxylation sites is 1. The van der Waals surface area contributed by atoms with Crippen molar-refractivity contribution < 1.29 is 4.74 Å². The lowest BCUT2D eigenvalue weighted by Crippen LogP contribution is -1.93. The highest BCUT2D eigenvalue weighted by atomic mass is 16.5. The van der Waals surface area contributed by atoms with Crippen molar-refractivity contribution in [3.8, 4) is 11.5 Å². The molecule has 0 amide bonds. The van der Waals surface area contributed by atoms with E-state index in [4.69, 9.17) is 4.74 Å².